The van der Waals surface area contributed by atoms with Crippen molar-refractivity contribution in [2.45, 2.75) is 33.0 Å². The number of carbonyl (C=O) groups excluding carboxylic acids is 1. The minimum Gasteiger partial charge on any atom is -0.369 e. The number of hydrogen-bond donors (Lipinski definition) is 0. The molecule has 2 aromatic rings. The van der Waals surface area contributed by atoms with E-state index in [1.54, 1.807) is 14.1 Å². The first kappa shape index (κ1) is 17.6. The summed E-state index contributed by atoms with van der Waals surface area (Å²) in [5.74, 6) is 0.824. The van der Waals surface area contributed by atoms with E-state index in [0.29, 0.717) is 6.61 Å². The molecule has 0 unspecified atom stereocenters. The average Bonchev–Trinajstić information content (AvgIpc) is 3.16. The Morgan fingerprint density at radius 2 is 2.24 bits per heavy atom. The molecule has 3 rings (SSSR count). The molecule has 0 N–H and O–H groups in total. The van der Waals surface area contributed by atoms with Crippen LogP contribution in [0.4, 0.5) is 0 Å². The zero-order valence-electron chi connectivity index (χ0n) is 15.2. The molecule has 0 aromatic carbocycles. The van der Waals surface area contributed by atoms with Crippen LogP contribution in [0.2, 0.25) is 0 Å². The van der Waals surface area contributed by atoms with Crippen LogP contribution in [0.5, 0.6) is 0 Å². The van der Waals surface area contributed by atoms with Gasteiger partial charge in [-0.2, -0.15) is 5.10 Å². The van der Waals surface area contributed by atoms with Crippen molar-refractivity contribution in [3.05, 3.63) is 35.0 Å². The molecule has 0 radical (unpaired) electrons. The first-order chi connectivity index (χ1) is 12.0. The van der Waals surface area contributed by atoms with Gasteiger partial charge in [0.1, 0.15) is 12.4 Å². The van der Waals surface area contributed by atoms with Crippen LogP contribution in [0.1, 0.15) is 28.8 Å². The highest BCUT2D eigenvalue weighted by Gasteiger charge is 2.27. The van der Waals surface area contributed by atoms with Crippen LogP contribution in [-0.2, 0) is 22.6 Å². The summed E-state index contributed by atoms with van der Waals surface area (Å²) in [6.07, 6.45) is 1.81. The molecule has 136 valence electrons. The molecular weight excluding hydrogens is 322 g/mol. The van der Waals surface area contributed by atoms with Gasteiger partial charge in [0, 0.05) is 45.5 Å². The van der Waals surface area contributed by atoms with Gasteiger partial charge in [-0.25, -0.2) is 0 Å². The zero-order chi connectivity index (χ0) is 18.0. The summed E-state index contributed by atoms with van der Waals surface area (Å²) < 4.78 is 12.9. The second-order valence-corrected chi connectivity index (χ2v) is 6.70. The maximum absolute atomic E-state index is 11.7. The number of aromatic nitrogens is 3. The number of amides is 1. The van der Waals surface area contributed by atoms with Crippen molar-refractivity contribution in [2.75, 3.05) is 33.9 Å². The third-order valence-corrected chi connectivity index (χ3v) is 4.55. The van der Waals surface area contributed by atoms with Gasteiger partial charge in [-0.1, -0.05) is 5.16 Å². The van der Waals surface area contributed by atoms with Crippen molar-refractivity contribution in [3.63, 3.8) is 0 Å². The van der Waals surface area contributed by atoms with Gasteiger partial charge >= 0.3 is 0 Å². The second kappa shape index (κ2) is 7.37. The molecule has 0 spiro atoms. The summed E-state index contributed by atoms with van der Waals surface area (Å²) in [6.45, 7) is 6.84. The maximum Gasteiger partial charge on any atom is 0.248 e. The molecule has 0 saturated carbocycles. The van der Waals surface area contributed by atoms with Crippen LogP contribution in [0, 0.1) is 13.8 Å². The van der Waals surface area contributed by atoms with Crippen molar-refractivity contribution >= 4 is 5.91 Å². The normalized spacial score (nSPS) is 17.5. The second-order valence-electron chi connectivity index (χ2n) is 6.70. The lowest BCUT2D eigenvalue weighted by Gasteiger charge is -2.33. The smallest absolute Gasteiger partial charge is 0.248 e. The summed E-state index contributed by atoms with van der Waals surface area (Å²) >= 11 is 0. The number of hydrogen-bond acceptors (Lipinski definition) is 6. The number of nitrogens with zero attached hydrogens (tertiary/aromatic N) is 5. The molecule has 0 bridgehead atoms. The molecule has 25 heavy (non-hydrogen) atoms. The zero-order valence-corrected chi connectivity index (χ0v) is 15.2. The van der Waals surface area contributed by atoms with E-state index in [0.717, 1.165) is 42.3 Å². The number of likely N-dealkylation sites (N-methyl/N-ethyl adjacent to an activating group) is 1. The molecule has 0 saturated heterocycles. The first-order valence-electron chi connectivity index (χ1n) is 8.40. The van der Waals surface area contributed by atoms with Crippen molar-refractivity contribution in [1.82, 2.24) is 24.7 Å². The molecule has 1 aliphatic heterocycles. The first-order valence-corrected chi connectivity index (χ1v) is 8.40. The SMILES string of the molecule is Cc1noc(C)c1CN1Cc2ccnn2[C@@H](COCC(=O)N(C)C)C1. The number of aryl methyl sites for hydroxylation is 2. The lowest BCUT2D eigenvalue weighted by atomic mass is 10.1. The van der Waals surface area contributed by atoms with Gasteiger partial charge < -0.3 is 14.2 Å². The van der Waals surface area contributed by atoms with Crippen molar-refractivity contribution in [3.8, 4) is 0 Å². The van der Waals surface area contributed by atoms with Crippen LogP contribution in [0.25, 0.3) is 0 Å². The Labute approximate surface area is 147 Å². The van der Waals surface area contributed by atoms with Gasteiger partial charge in [0.05, 0.1) is 24.0 Å². The lowest BCUT2D eigenvalue weighted by Crippen LogP contribution is -2.39. The van der Waals surface area contributed by atoms with Crippen LogP contribution < -0.4 is 0 Å². The Balaban J connectivity index is 1.66. The molecule has 3 heterocycles. The van der Waals surface area contributed by atoms with E-state index < -0.39 is 0 Å². The number of carbonyl (C=O) groups is 1. The molecule has 2 aromatic heterocycles. The fourth-order valence-corrected chi connectivity index (χ4v) is 3.07. The Morgan fingerprint density at radius 1 is 1.44 bits per heavy atom. The topological polar surface area (TPSA) is 76.6 Å². The third-order valence-electron chi connectivity index (χ3n) is 4.55. The number of rotatable bonds is 6. The standard InChI is InChI=1S/C17H25N5O3/c1-12-16(13(2)25-19-12)9-21-7-14-5-6-18-22(14)15(8-21)10-24-11-17(23)20(3)4/h5-6,15H,7-11H2,1-4H3/t15-/m1/s1. The van der Waals surface area contributed by atoms with Crippen LogP contribution >= 0.6 is 0 Å². The number of fused-ring (bicyclic) bond motifs is 1. The van der Waals surface area contributed by atoms with Crippen molar-refractivity contribution in [2.24, 2.45) is 0 Å². The predicted molar refractivity (Wildman–Crippen MR) is 90.9 cm³/mol. The molecule has 1 atom stereocenters. The Bertz CT molecular complexity index is 717. The maximum atomic E-state index is 11.7. The van der Waals surface area contributed by atoms with E-state index >= 15 is 0 Å². The Morgan fingerprint density at radius 3 is 2.92 bits per heavy atom. The van der Waals surface area contributed by atoms with E-state index in [-0.39, 0.29) is 18.6 Å². The molecule has 1 aliphatic rings. The monoisotopic (exact) mass is 347 g/mol. The minimum absolute atomic E-state index is 0.0379. The lowest BCUT2D eigenvalue weighted by molar-refractivity contribution is -0.134. The van der Waals surface area contributed by atoms with Crippen LogP contribution in [0.3, 0.4) is 0 Å². The molecule has 0 aliphatic carbocycles. The van der Waals surface area contributed by atoms with Gasteiger partial charge in [0.25, 0.3) is 0 Å². The van der Waals surface area contributed by atoms with E-state index in [1.165, 1.54) is 4.90 Å². The quantitative estimate of drug-likeness (QED) is 0.780. The largest absolute Gasteiger partial charge is 0.369 e. The fourth-order valence-electron chi connectivity index (χ4n) is 3.07. The highest BCUT2D eigenvalue weighted by molar-refractivity contribution is 5.76. The van der Waals surface area contributed by atoms with E-state index in [9.17, 15) is 4.79 Å². The van der Waals surface area contributed by atoms with E-state index in [1.807, 2.05) is 30.8 Å². The van der Waals surface area contributed by atoms with E-state index in [4.69, 9.17) is 9.26 Å². The van der Waals surface area contributed by atoms with Gasteiger partial charge in [-0.15, -0.1) is 0 Å². The molecule has 1 amide bonds. The summed E-state index contributed by atoms with van der Waals surface area (Å²) in [6, 6.07) is 2.10. The van der Waals surface area contributed by atoms with Crippen molar-refractivity contribution in [1.29, 1.82) is 0 Å². The molecule has 8 heteroatoms. The molecule has 0 fully saturated rings. The molecule has 8 nitrogen and oxygen atoms in total. The van der Waals surface area contributed by atoms with E-state index in [2.05, 4.69) is 15.2 Å². The summed E-state index contributed by atoms with van der Waals surface area (Å²) in [4.78, 5) is 15.6. The Hall–Kier alpha value is -2.19. The Kier molecular flexibility index (Phi) is 5.19. The van der Waals surface area contributed by atoms with Gasteiger partial charge in [-0.3, -0.25) is 14.4 Å². The van der Waals surface area contributed by atoms with Crippen LogP contribution in [0.15, 0.2) is 16.8 Å². The van der Waals surface area contributed by atoms with Gasteiger partial charge in [0.15, 0.2) is 0 Å². The number of ether oxygens (including phenoxy) is 1. The highest BCUT2D eigenvalue weighted by atomic mass is 16.5. The fraction of sp³-hybridized carbons (Fsp3) is 0.588. The van der Waals surface area contributed by atoms with Gasteiger partial charge in [-0.05, 0) is 19.9 Å². The summed E-state index contributed by atoms with van der Waals surface area (Å²) in [5, 5.41) is 8.46. The summed E-state index contributed by atoms with van der Waals surface area (Å²) in [7, 11) is 3.45. The predicted octanol–water partition coefficient (Wildman–Crippen LogP) is 1.15. The van der Waals surface area contributed by atoms with Crippen LogP contribution in [-0.4, -0.2) is 64.5 Å². The minimum atomic E-state index is -0.0379. The summed E-state index contributed by atoms with van der Waals surface area (Å²) in [5.41, 5.74) is 3.21. The van der Waals surface area contributed by atoms with Gasteiger partial charge in [0.2, 0.25) is 5.91 Å². The third kappa shape index (κ3) is 3.91. The van der Waals surface area contributed by atoms with Crippen molar-refractivity contribution < 1.29 is 14.1 Å². The molecular formula is C17H25N5O3. The highest BCUT2D eigenvalue weighted by Crippen LogP contribution is 2.24. The average molecular weight is 347 g/mol.